The van der Waals surface area contributed by atoms with Crippen molar-refractivity contribution in [3.05, 3.63) is 0 Å². The quantitative estimate of drug-likeness (QED) is 0.709. The van der Waals surface area contributed by atoms with Gasteiger partial charge in [0, 0.05) is 6.54 Å². The standard InChI is InChI=1S/C10H20N2O/c1-3-11-10(13)9-7-5-6-8-12(9)4-2/h9H,3-8H2,1-2H3,(H,11,13). The monoisotopic (exact) mass is 184 g/mol. The Morgan fingerprint density at radius 2 is 2.23 bits per heavy atom. The number of likely N-dealkylation sites (tertiary alicyclic amines) is 1. The fourth-order valence-corrected chi connectivity index (χ4v) is 1.96. The number of carbonyl (C=O) groups is 1. The van der Waals surface area contributed by atoms with E-state index in [1.807, 2.05) is 6.92 Å². The molecular weight excluding hydrogens is 164 g/mol. The molecule has 0 aromatic rings. The molecule has 1 fully saturated rings. The second-order valence-electron chi connectivity index (χ2n) is 3.53. The smallest absolute Gasteiger partial charge is 0.237 e. The number of rotatable bonds is 3. The molecule has 1 saturated heterocycles. The lowest BCUT2D eigenvalue weighted by Crippen LogP contribution is -2.49. The lowest BCUT2D eigenvalue weighted by Gasteiger charge is -2.33. The first-order valence-corrected chi connectivity index (χ1v) is 5.31. The Balaban J connectivity index is 2.48. The van der Waals surface area contributed by atoms with Crippen molar-refractivity contribution in [3.63, 3.8) is 0 Å². The van der Waals surface area contributed by atoms with Crippen LogP contribution in [0.5, 0.6) is 0 Å². The first-order valence-electron chi connectivity index (χ1n) is 5.31. The lowest BCUT2D eigenvalue weighted by molar-refractivity contribution is -0.127. The summed E-state index contributed by atoms with van der Waals surface area (Å²) in [7, 11) is 0. The van der Waals surface area contributed by atoms with Gasteiger partial charge in [-0.1, -0.05) is 13.3 Å². The van der Waals surface area contributed by atoms with Crippen LogP contribution >= 0.6 is 0 Å². The van der Waals surface area contributed by atoms with Gasteiger partial charge in [-0.25, -0.2) is 0 Å². The van der Waals surface area contributed by atoms with Crippen molar-refractivity contribution in [2.45, 2.75) is 39.2 Å². The zero-order valence-electron chi connectivity index (χ0n) is 8.68. The Hall–Kier alpha value is -0.570. The van der Waals surface area contributed by atoms with E-state index in [1.165, 1.54) is 12.8 Å². The molecule has 1 atom stereocenters. The van der Waals surface area contributed by atoms with Crippen molar-refractivity contribution >= 4 is 5.91 Å². The highest BCUT2D eigenvalue weighted by Gasteiger charge is 2.26. The van der Waals surface area contributed by atoms with E-state index in [4.69, 9.17) is 0 Å². The van der Waals surface area contributed by atoms with Gasteiger partial charge < -0.3 is 5.32 Å². The fraction of sp³-hybridized carbons (Fsp3) is 0.900. The van der Waals surface area contributed by atoms with Crippen LogP contribution < -0.4 is 5.32 Å². The molecule has 1 amide bonds. The molecule has 1 heterocycles. The molecule has 1 aliphatic heterocycles. The number of nitrogens with zero attached hydrogens (tertiary/aromatic N) is 1. The van der Waals surface area contributed by atoms with Crippen LogP contribution in [0.4, 0.5) is 0 Å². The highest BCUT2D eigenvalue weighted by Crippen LogP contribution is 2.16. The summed E-state index contributed by atoms with van der Waals surface area (Å²) in [5.41, 5.74) is 0. The Morgan fingerprint density at radius 1 is 1.46 bits per heavy atom. The molecule has 0 aromatic heterocycles. The number of hydrogen-bond donors (Lipinski definition) is 1. The topological polar surface area (TPSA) is 32.3 Å². The number of hydrogen-bond acceptors (Lipinski definition) is 2. The molecule has 0 saturated carbocycles. The van der Waals surface area contributed by atoms with E-state index in [9.17, 15) is 4.79 Å². The third-order valence-electron chi connectivity index (χ3n) is 2.67. The first kappa shape index (κ1) is 10.5. The minimum Gasteiger partial charge on any atom is -0.355 e. The van der Waals surface area contributed by atoms with Crippen LogP contribution in [0.3, 0.4) is 0 Å². The highest BCUT2D eigenvalue weighted by molar-refractivity contribution is 5.81. The lowest BCUT2D eigenvalue weighted by atomic mass is 10.0. The van der Waals surface area contributed by atoms with Crippen molar-refractivity contribution in [2.24, 2.45) is 0 Å². The minimum atomic E-state index is 0.138. The Morgan fingerprint density at radius 3 is 2.85 bits per heavy atom. The first-order chi connectivity index (χ1) is 6.29. The number of likely N-dealkylation sites (N-methyl/N-ethyl adjacent to an activating group) is 2. The SMILES string of the molecule is CCNC(=O)C1CCCCN1CC. The summed E-state index contributed by atoms with van der Waals surface area (Å²) in [6.07, 6.45) is 3.46. The zero-order chi connectivity index (χ0) is 9.68. The summed E-state index contributed by atoms with van der Waals surface area (Å²) in [6, 6.07) is 0.138. The molecular formula is C10H20N2O. The molecule has 1 unspecified atom stereocenters. The second kappa shape index (κ2) is 5.22. The molecule has 1 aliphatic rings. The average molecular weight is 184 g/mol. The van der Waals surface area contributed by atoms with Gasteiger partial charge in [0.2, 0.25) is 5.91 Å². The van der Waals surface area contributed by atoms with Gasteiger partial charge in [0.15, 0.2) is 0 Å². The third-order valence-corrected chi connectivity index (χ3v) is 2.67. The molecule has 1 rings (SSSR count). The number of piperidine rings is 1. The summed E-state index contributed by atoms with van der Waals surface area (Å²) in [4.78, 5) is 13.9. The molecule has 3 heteroatoms. The van der Waals surface area contributed by atoms with Crippen molar-refractivity contribution < 1.29 is 4.79 Å². The van der Waals surface area contributed by atoms with Gasteiger partial charge in [0.05, 0.1) is 6.04 Å². The Kier molecular flexibility index (Phi) is 4.22. The van der Waals surface area contributed by atoms with Gasteiger partial charge in [-0.15, -0.1) is 0 Å². The maximum Gasteiger partial charge on any atom is 0.237 e. The van der Waals surface area contributed by atoms with E-state index >= 15 is 0 Å². The largest absolute Gasteiger partial charge is 0.355 e. The van der Waals surface area contributed by atoms with E-state index < -0.39 is 0 Å². The maximum absolute atomic E-state index is 11.6. The van der Waals surface area contributed by atoms with Crippen LogP contribution in [0.25, 0.3) is 0 Å². The molecule has 1 N–H and O–H groups in total. The summed E-state index contributed by atoms with van der Waals surface area (Å²) in [5.74, 6) is 0.212. The molecule has 0 spiro atoms. The van der Waals surface area contributed by atoms with E-state index in [1.54, 1.807) is 0 Å². The van der Waals surface area contributed by atoms with Crippen molar-refractivity contribution in [1.29, 1.82) is 0 Å². The molecule has 0 radical (unpaired) electrons. The van der Waals surface area contributed by atoms with Crippen LogP contribution in [0, 0.1) is 0 Å². The fourth-order valence-electron chi connectivity index (χ4n) is 1.96. The van der Waals surface area contributed by atoms with Gasteiger partial charge in [0.1, 0.15) is 0 Å². The van der Waals surface area contributed by atoms with E-state index in [0.717, 1.165) is 26.1 Å². The summed E-state index contributed by atoms with van der Waals surface area (Å²) < 4.78 is 0. The van der Waals surface area contributed by atoms with Gasteiger partial charge in [0.25, 0.3) is 0 Å². The molecule has 3 nitrogen and oxygen atoms in total. The summed E-state index contributed by atoms with van der Waals surface area (Å²) in [5, 5.41) is 2.90. The maximum atomic E-state index is 11.6. The normalized spacial score (nSPS) is 24.3. The van der Waals surface area contributed by atoms with Crippen molar-refractivity contribution in [1.82, 2.24) is 10.2 Å². The van der Waals surface area contributed by atoms with Crippen LogP contribution in [-0.4, -0.2) is 36.5 Å². The summed E-state index contributed by atoms with van der Waals surface area (Å²) >= 11 is 0. The highest BCUT2D eigenvalue weighted by atomic mass is 16.2. The van der Waals surface area contributed by atoms with Crippen molar-refractivity contribution in [2.75, 3.05) is 19.6 Å². The predicted octanol–water partition coefficient (Wildman–Crippen LogP) is 0.997. The average Bonchev–Trinajstić information content (AvgIpc) is 2.18. The van der Waals surface area contributed by atoms with E-state index in [2.05, 4.69) is 17.1 Å². The Bertz CT molecular complexity index is 170. The van der Waals surface area contributed by atoms with E-state index in [-0.39, 0.29) is 11.9 Å². The molecule has 13 heavy (non-hydrogen) atoms. The molecule has 76 valence electrons. The number of carbonyl (C=O) groups excluding carboxylic acids is 1. The summed E-state index contributed by atoms with van der Waals surface area (Å²) in [6.45, 7) is 6.90. The van der Waals surface area contributed by atoms with Crippen LogP contribution in [0.1, 0.15) is 33.1 Å². The van der Waals surface area contributed by atoms with Gasteiger partial charge in [-0.05, 0) is 32.9 Å². The van der Waals surface area contributed by atoms with Gasteiger partial charge in [-0.3, -0.25) is 9.69 Å². The van der Waals surface area contributed by atoms with Gasteiger partial charge >= 0.3 is 0 Å². The van der Waals surface area contributed by atoms with Crippen molar-refractivity contribution in [3.8, 4) is 0 Å². The van der Waals surface area contributed by atoms with E-state index in [0.29, 0.717) is 0 Å². The third kappa shape index (κ3) is 2.69. The van der Waals surface area contributed by atoms with Crippen LogP contribution in [-0.2, 0) is 4.79 Å². The molecule has 0 aromatic carbocycles. The van der Waals surface area contributed by atoms with Crippen LogP contribution in [0.15, 0.2) is 0 Å². The van der Waals surface area contributed by atoms with Gasteiger partial charge in [-0.2, -0.15) is 0 Å². The van der Waals surface area contributed by atoms with Crippen LogP contribution in [0.2, 0.25) is 0 Å². The molecule has 0 bridgehead atoms. The predicted molar refractivity (Wildman–Crippen MR) is 53.6 cm³/mol. The second-order valence-corrected chi connectivity index (χ2v) is 3.53. The Labute approximate surface area is 80.5 Å². The number of nitrogens with one attached hydrogen (secondary N) is 1. The number of amides is 1. The molecule has 0 aliphatic carbocycles. The zero-order valence-corrected chi connectivity index (χ0v) is 8.68. The minimum absolute atomic E-state index is 0.138.